The third kappa shape index (κ3) is 4.75. The van der Waals surface area contributed by atoms with Gasteiger partial charge in [0, 0.05) is 31.1 Å². The summed E-state index contributed by atoms with van der Waals surface area (Å²) in [6.45, 7) is 4.94. The summed E-state index contributed by atoms with van der Waals surface area (Å²) in [4.78, 5) is 24.7. The number of likely N-dealkylation sites (tertiary alicyclic amines) is 1. The fraction of sp³-hybridized carbons (Fsp3) is 0.556. The fourth-order valence-electron chi connectivity index (χ4n) is 3.16. The van der Waals surface area contributed by atoms with Crippen LogP contribution in [0.15, 0.2) is 18.2 Å². The molecule has 1 fully saturated rings. The molecule has 1 atom stereocenters. The highest BCUT2D eigenvalue weighted by atomic mass is 19.1. The lowest BCUT2D eigenvalue weighted by Crippen LogP contribution is -2.51. The van der Waals surface area contributed by atoms with Crippen LogP contribution in [0.1, 0.15) is 32.3 Å². The van der Waals surface area contributed by atoms with E-state index in [1.807, 2.05) is 0 Å². The van der Waals surface area contributed by atoms with Crippen LogP contribution in [0.3, 0.4) is 0 Å². The molecule has 138 valence electrons. The zero-order valence-corrected chi connectivity index (χ0v) is 14.6. The van der Waals surface area contributed by atoms with Gasteiger partial charge >= 0.3 is 0 Å². The number of rotatable bonds is 6. The van der Waals surface area contributed by atoms with Crippen molar-refractivity contribution in [3.63, 3.8) is 0 Å². The number of hydrogen-bond acceptors (Lipinski definition) is 3. The summed E-state index contributed by atoms with van der Waals surface area (Å²) in [6, 6.07) is 2.77. The minimum Gasteiger partial charge on any atom is -0.354 e. The van der Waals surface area contributed by atoms with Gasteiger partial charge in [-0.3, -0.25) is 9.59 Å². The minimum absolute atomic E-state index is 0.0156. The highest BCUT2D eigenvalue weighted by Crippen LogP contribution is 2.26. The van der Waals surface area contributed by atoms with Crippen molar-refractivity contribution in [1.82, 2.24) is 10.2 Å². The molecule has 1 aliphatic rings. The second-order valence-electron chi connectivity index (χ2n) is 7.23. The number of benzene rings is 1. The monoisotopic (exact) mass is 353 g/mol. The molecule has 5 nitrogen and oxygen atoms in total. The lowest BCUT2D eigenvalue weighted by Gasteiger charge is -2.33. The molecule has 0 spiro atoms. The van der Waals surface area contributed by atoms with E-state index in [1.54, 1.807) is 18.7 Å². The van der Waals surface area contributed by atoms with Crippen molar-refractivity contribution in [2.24, 2.45) is 11.7 Å². The van der Waals surface area contributed by atoms with Gasteiger partial charge in [-0.1, -0.05) is 19.9 Å². The summed E-state index contributed by atoms with van der Waals surface area (Å²) >= 11 is 0. The van der Waals surface area contributed by atoms with Gasteiger partial charge in [-0.25, -0.2) is 8.78 Å². The quantitative estimate of drug-likeness (QED) is 0.762. The van der Waals surface area contributed by atoms with E-state index in [2.05, 4.69) is 5.32 Å². The molecule has 1 heterocycles. The third-order valence-corrected chi connectivity index (χ3v) is 4.90. The average molecular weight is 353 g/mol. The molecule has 0 aliphatic carbocycles. The number of hydrogen-bond donors (Lipinski definition) is 2. The lowest BCUT2D eigenvalue weighted by atomic mass is 9.83. The van der Waals surface area contributed by atoms with Gasteiger partial charge in [0.15, 0.2) is 0 Å². The van der Waals surface area contributed by atoms with Crippen LogP contribution in [0.4, 0.5) is 8.78 Å². The van der Waals surface area contributed by atoms with Crippen molar-refractivity contribution in [2.75, 3.05) is 19.6 Å². The fourth-order valence-corrected chi connectivity index (χ4v) is 3.16. The molecular weight excluding hydrogens is 328 g/mol. The zero-order chi connectivity index (χ0) is 18.6. The van der Waals surface area contributed by atoms with Crippen molar-refractivity contribution < 1.29 is 18.4 Å². The van der Waals surface area contributed by atoms with Crippen molar-refractivity contribution in [2.45, 2.75) is 38.1 Å². The molecule has 1 saturated heterocycles. The number of amides is 2. The Kier molecular flexibility index (Phi) is 6.11. The number of piperidine rings is 1. The molecule has 7 heteroatoms. The number of carbonyl (C=O) groups excluding carboxylic acids is 2. The van der Waals surface area contributed by atoms with Crippen LogP contribution in [-0.4, -0.2) is 42.9 Å². The number of nitrogens with one attached hydrogen (secondary N) is 1. The number of halogens is 2. The Morgan fingerprint density at radius 1 is 1.40 bits per heavy atom. The van der Waals surface area contributed by atoms with Crippen LogP contribution in [0.2, 0.25) is 0 Å². The van der Waals surface area contributed by atoms with Crippen LogP contribution < -0.4 is 11.1 Å². The molecule has 0 bridgehead atoms. The summed E-state index contributed by atoms with van der Waals surface area (Å²) < 4.78 is 27.0. The van der Waals surface area contributed by atoms with Gasteiger partial charge in [0.1, 0.15) is 11.6 Å². The van der Waals surface area contributed by atoms with Gasteiger partial charge in [0.25, 0.3) is 0 Å². The van der Waals surface area contributed by atoms with Crippen LogP contribution in [0, 0.1) is 17.6 Å². The van der Waals surface area contributed by atoms with E-state index in [0.717, 1.165) is 12.5 Å². The molecule has 2 amide bonds. The maximum atomic E-state index is 14.0. The number of nitrogens with zero attached hydrogens (tertiary/aromatic N) is 1. The summed E-state index contributed by atoms with van der Waals surface area (Å²) in [6.07, 6.45) is 2.17. The predicted molar refractivity (Wildman–Crippen MR) is 90.7 cm³/mol. The van der Waals surface area contributed by atoms with E-state index in [1.165, 1.54) is 12.1 Å². The predicted octanol–water partition coefficient (Wildman–Crippen LogP) is 1.55. The van der Waals surface area contributed by atoms with Gasteiger partial charge in [0.2, 0.25) is 12.3 Å². The Labute approximate surface area is 146 Å². The lowest BCUT2D eigenvalue weighted by molar-refractivity contribution is -0.124. The van der Waals surface area contributed by atoms with Gasteiger partial charge in [-0.2, -0.15) is 0 Å². The SMILES string of the molecule is CC(C)(CNC(=O)C(N)C1CCN(C=O)CC1)c1ccc(F)cc1F. The van der Waals surface area contributed by atoms with E-state index in [0.29, 0.717) is 31.5 Å². The first kappa shape index (κ1) is 19.3. The third-order valence-electron chi connectivity index (χ3n) is 4.90. The van der Waals surface area contributed by atoms with Gasteiger partial charge < -0.3 is 16.0 Å². The molecule has 0 aromatic heterocycles. The van der Waals surface area contributed by atoms with E-state index in [9.17, 15) is 18.4 Å². The summed E-state index contributed by atoms with van der Waals surface area (Å²) in [5, 5.41) is 2.78. The van der Waals surface area contributed by atoms with E-state index >= 15 is 0 Å². The molecule has 1 aromatic rings. The highest BCUT2D eigenvalue weighted by Gasteiger charge is 2.30. The van der Waals surface area contributed by atoms with Gasteiger partial charge in [-0.05, 0) is 30.4 Å². The van der Waals surface area contributed by atoms with Crippen LogP contribution >= 0.6 is 0 Å². The molecule has 1 aromatic carbocycles. The molecular formula is C18H25F2N3O2. The smallest absolute Gasteiger partial charge is 0.237 e. The Morgan fingerprint density at radius 3 is 2.60 bits per heavy atom. The Bertz CT molecular complexity index is 629. The van der Waals surface area contributed by atoms with Gasteiger partial charge in [-0.15, -0.1) is 0 Å². The second kappa shape index (κ2) is 7.91. The van der Waals surface area contributed by atoms with Crippen LogP contribution in [0.5, 0.6) is 0 Å². The van der Waals surface area contributed by atoms with Crippen molar-refractivity contribution >= 4 is 12.3 Å². The molecule has 25 heavy (non-hydrogen) atoms. The largest absolute Gasteiger partial charge is 0.354 e. The summed E-state index contributed by atoms with van der Waals surface area (Å²) in [7, 11) is 0. The Morgan fingerprint density at radius 2 is 2.04 bits per heavy atom. The molecule has 0 saturated carbocycles. The molecule has 1 aliphatic heterocycles. The zero-order valence-electron chi connectivity index (χ0n) is 14.6. The van der Waals surface area contributed by atoms with Crippen LogP contribution in [-0.2, 0) is 15.0 Å². The molecule has 0 radical (unpaired) electrons. The molecule has 2 rings (SSSR count). The van der Waals surface area contributed by atoms with Crippen LogP contribution in [0.25, 0.3) is 0 Å². The van der Waals surface area contributed by atoms with Crippen molar-refractivity contribution in [3.8, 4) is 0 Å². The summed E-state index contributed by atoms with van der Waals surface area (Å²) in [5.74, 6) is -1.54. The normalized spacial score (nSPS) is 17.2. The Balaban J connectivity index is 1.93. The number of carbonyl (C=O) groups is 2. The van der Waals surface area contributed by atoms with Gasteiger partial charge in [0.05, 0.1) is 6.04 Å². The topological polar surface area (TPSA) is 75.4 Å². The van der Waals surface area contributed by atoms with Crippen molar-refractivity contribution in [3.05, 3.63) is 35.4 Å². The molecule has 1 unspecified atom stereocenters. The van der Waals surface area contributed by atoms with Crippen molar-refractivity contribution in [1.29, 1.82) is 0 Å². The maximum Gasteiger partial charge on any atom is 0.237 e. The Hall–Kier alpha value is -2.02. The maximum absolute atomic E-state index is 14.0. The van der Waals surface area contributed by atoms with E-state index in [-0.39, 0.29) is 18.4 Å². The highest BCUT2D eigenvalue weighted by molar-refractivity contribution is 5.82. The average Bonchev–Trinajstić information content (AvgIpc) is 2.58. The van der Waals surface area contributed by atoms with E-state index < -0.39 is 23.1 Å². The first-order chi connectivity index (χ1) is 11.7. The number of nitrogens with two attached hydrogens (primary N) is 1. The first-order valence-electron chi connectivity index (χ1n) is 8.43. The second-order valence-corrected chi connectivity index (χ2v) is 7.23. The first-order valence-corrected chi connectivity index (χ1v) is 8.43. The minimum atomic E-state index is -0.700. The molecule has 3 N–H and O–H groups in total. The summed E-state index contributed by atoms with van der Waals surface area (Å²) in [5.41, 5.74) is 5.69. The van der Waals surface area contributed by atoms with E-state index in [4.69, 9.17) is 5.73 Å². The standard InChI is InChI=1S/C18H25F2N3O2/c1-18(2,14-4-3-13(19)9-15(14)20)10-22-17(25)16(21)12-5-7-23(11-24)8-6-12/h3-4,9,11-12,16H,5-8,10,21H2,1-2H3,(H,22,25).